The molecule has 0 saturated carbocycles. The van der Waals surface area contributed by atoms with E-state index in [0.717, 1.165) is 11.3 Å². The lowest BCUT2D eigenvalue weighted by Crippen LogP contribution is -2.27. The van der Waals surface area contributed by atoms with Gasteiger partial charge in [0.2, 0.25) is 0 Å². The molecule has 0 spiro atoms. The molecule has 0 fully saturated rings. The molecule has 2 aromatic rings. The number of nitrogens with zero attached hydrogens (tertiary/aromatic N) is 3. The first-order chi connectivity index (χ1) is 9.06. The molecule has 4 heteroatoms. The molecular weight excluding hydrogens is 238 g/mol. The van der Waals surface area contributed by atoms with E-state index in [-0.39, 0.29) is 5.91 Å². The molecular formula is C15H17N3O. The van der Waals surface area contributed by atoms with Crippen molar-refractivity contribution in [3.63, 3.8) is 0 Å². The quantitative estimate of drug-likeness (QED) is 0.845. The van der Waals surface area contributed by atoms with Crippen LogP contribution in [0.2, 0.25) is 0 Å². The SMILES string of the molecule is Cc1cc(C(=O)N(C)Cc2ccccc2)nc(C)n1. The number of benzene rings is 1. The van der Waals surface area contributed by atoms with Gasteiger partial charge < -0.3 is 4.90 Å². The van der Waals surface area contributed by atoms with Crippen LogP contribution >= 0.6 is 0 Å². The summed E-state index contributed by atoms with van der Waals surface area (Å²) in [5, 5.41) is 0. The number of amides is 1. The number of hydrogen-bond acceptors (Lipinski definition) is 3. The number of carbonyl (C=O) groups is 1. The predicted molar refractivity (Wildman–Crippen MR) is 73.7 cm³/mol. The smallest absolute Gasteiger partial charge is 0.272 e. The van der Waals surface area contributed by atoms with Gasteiger partial charge in [-0.2, -0.15) is 0 Å². The van der Waals surface area contributed by atoms with Gasteiger partial charge in [0.25, 0.3) is 5.91 Å². The van der Waals surface area contributed by atoms with Crippen molar-refractivity contribution in [3.05, 3.63) is 59.2 Å². The Bertz CT molecular complexity index is 561. The average molecular weight is 255 g/mol. The first-order valence-corrected chi connectivity index (χ1v) is 6.18. The molecule has 0 aliphatic heterocycles. The van der Waals surface area contributed by atoms with Gasteiger partial charge in [-0.05, 0) is 25.5 Å². The van der Waals surface area contributed by atoms with Crippen LogP contribution < -0.4 is 0 Å². The molecule has 2 rings (SSSR count). The largest absolute Gasteiger partial charge is 0.336 e. The Morgan fingerprint density at radius 2 is 1.84 bits per heavy atom. The molecule has 0 bridgehead atoms. The van der Waals surface area contributed by atoms with E-state index in [1.807, 2.05) is 37.3 Å². The van der Waals surface area contributed by atoms with Crippen molar-refractivity contribution < 1.29 is 4.79 Å². The number of carbonyl (C=O) groups excluding carboxylic acids is 1. The summed E-state index contributed by atoms with van der Waals surface area (Å²) in [6, 6.07) is 11.6. The summed E-state index contributed by atoms with van der Waals surface area (Å²) in [4.78, 5) is 22.3. The van der Waals surface area contributed by atoms with Crippen molar-refractivity contribution in [1.82, 2.24) is 14.9 Å². The summed E-state index contributed by atoms with van der Waals surface area (Å²) in [5.74, 6) is 0.536. The summed E-state index contributed by atoms with van der Waals surface area (Å²) in [5.41, 5.74) is 2.35. The van der Waals surface area contributed by atoms with Gasteiger partial charge in [-0.25, -0.2) is 9.97 Å². The van der Waals surface area contributed by atoms with E-state index in [4.69, 9.17) is 0 Å². The highest BCUT2D eigenvalue weighted by atomic mass is 16.2. The molecule has 1 amide bonds. The highest BCUT2D eigenvalue weighted by Crippen LogP contribution is 2.08. The van der Waals surface area contributed by atoms with Crippen molar-refractivity contribution in [2.24, 2.45) is 0 Å². The van der Waals surface area contributed by atoms with Crippen molar-refractivity contribution in [2.45, 2.75) is 20.4 Å². The van der Waals surface area contributed by atoms with Gasteiger partial charge in [0.05, 0.1) is 0 Å². The topological polar surface area (TPSA) is 46.1 Å². The number of rotatable bonds is 3. The third-order valence-electron chi connectivity index (χ3n) is 2.79. The van der Waals surface area contributed by atoms with Crippen LogP contribution in [0.5, 0.6) is 0 Å². The minimum Gasteiger partial charge on any atom is -0.336 e. The van der Waals surface area contributed by atoms with E-state index in [1.54, 1.807) is 24.9 Å². The van der Waals surface area contributed by atoms with Crippen LogP contribution in [0, 0.1) is 13.8 Å². The summed E-state index contributed by atoms with van der Waals surface area (Å²) in [7, 11) is 1.78. The highest BCUT2D eigenvalue weighted by Gasteiger charge is 2.14. The molecule has 1 heterocycles. The summed E-state index contributed by atoms with van der Waals surface area (Å²) in [6.07, 6.45) is 0. The maximum absolute atomic E-state index is 12.3. The third kappa shape index (κ3) is 3.37. The minimum absolute atomic E-state index is 0.0857. The molecule has 0 N–H and O–H groups in total. The van der Waals surface area contributed by atoms with Gasteiger partial charge >= 0.3 is 0 Å². The Morgan fingerprint density at radius 1 is 1.16 bits per heavy atom. The molecule has 0 aliphatic carbocycles. The first kappa shape index (κ1) is 13.2. The Labute approximate surface area is 113 Å². The van der Waals surface area contributed by atoms with Crippen LogP contribution in [-0.2, 0) is 6.54 Å². The molecule has 0 atom stereocenters. The Morgan fingerprint density at radius 3 is 2.47 bits per heavy atom. The second-order valence-corrected chi connectivity index (χ2v) is 4.59. The molecule has 19 heavy (non-hydrogen) atoms. The Hall–Kier alpha value is -2.23. The normalized spacial score (nSPS) is 10.3. The van der Waals surface area contributed by atoms with Crippen LogP contribution in [0.4, 0.5) is 0 Å². The van der Waals surface area contributed by atoms with E-state index in [2.05, 4.69) is 9.97 Å². The zero-order valence-corrected chi connectivity index (χ0v) is 11.4. The molecule has 0 aliphatic rings. The fraction of sp³-hybridized carbons (Fsp3) is 0.267. The van der Waals surface area contributed by atoms with Gasteiger partial charge in [0.1, 0.15) is 11.5 Å². The molecule has 1 aromatic carbocycles. The van der Waals surface area contributed by atoms with Crippen molar-refractivity contribution in [1.29, 1.82) is 0 Å². The van der Waals surface area contributed by atoms with E-state index in [0.29, 0.717) is 18.1 Å². The maximum atomic E-state index is 12.3. The van der Waals surface area contributed by atoms with Gasteiger partial charge in [0.15, 0.2) is 0 Å². The van der Waals surface area contributed by atoms with Crippen LogP contribution in [0.3, 0.4) is 0 Å². The van der Waals surface area contributed by atoms with Gasteiger partial charge in [-0.1, -0.05) is 30.3 Å². The lowest BCUT2D eigenvalue weighted by Gasteiger charge is -2.17. The maximum Gasteiger partial charge on any atom is 0.272 e. The summed E-state index contributed by atoms with van der Waals surface area (Å²) in [6.45, 7) is 4.23. The van der Waals surface area contributed by atoms with Crippen LogP contribution in [0.1, 0.15) is 27.6 Å². The third-order valence-corrected chi connectivity index (χ3v) is 2.79. The predicted octanol–water partition coefficient (Wildman–Crippen LogP) is 2.37. The van der Waals surface area contributed by atoms with Crippen LogP contribution in [0.15, 0.2) is 36.4 Å². The van der Waals surface area contributed by atoms with Crippen LogP contribution in [-0.4, -0.2) is 27.8 Å². The van der Waals surface area contributed by atoms with Gasteiger partial charge in [0, 0.05) is 19.3 Å². The molecule has 0 unspecified atom stereocenters. The molecule has 98 valence electrons. The van der Waals surface area contributed by atoms with E-state index in [9.17, 15) is 4.79 Å². The van der Waals surface area contributed by atoms with Crippen LogP contribution in [0.25, 0.3) is 0 Å². The molecule has 1 aromatic heterocycles. The second-order valence-electron chi connectivity index (χ2n) is 4.59. The lowest BCUT2D eigenvalue weighted by atomic mass is 10.2. The zero-order chi connectivity index (χ0) is 13.8. The van der Waals surface area contributed by atoms with E-state index >= 15 is 0 Å². The second kappa shape index (κ2) is 5.61. The molecule has 4 nitrogen and oxygen atoms in total. The standard InChI is InChI=1S/C15H17N3O/c1-11-9-14(17-12(2)16-11)15(19)18(3)10-13-7-5-4-6-8-13/h4-9H,10H2,1-3H3. The monoisotopic (exact) mass is 255 g/mol. The fourth-order valence-electron chi connectivity index (χ4n) is 1.95. The van der Waals surface area contributed by atoms with Crippen molar-refractivity contribution in [2.75, 3.05) is 7.05 Å². The lowest BCUT2D eigenvalue weighted by molar-refractivity contribution is 0.0778. The highest BCUT2D eigenvalue weighted by molar-refractivity contribution is 5.92. The molecule has 0 radical (unpaired) electrons. The Balaban J connectivity index is 2.15. The Kier molecular flexibility index (Phi) is 3.90. The van der Waals surface area contributed by atoms with Crippen molar-refractivity contribution in [3.8, 4) is 0 Å². The number of hydrogen-bond donors (Lipinski definition) is 0. The molecule has 0 saturated heterocycles. The van der Waals surface area contributed by atoms with E-state index < -0.39 is 0 Å². The summed E-state index contributed by atoms with van der Waals surface area (Å²) < 4.78 is 0. The minimum atomic E-state index is -0.0857. The fourth-order valence-corrected chi connectivity index (χ4v) is 1.95. The number of aryl methyl sites for hydroxylation is 2. The van der Waals surface area contributed by atoms with E-state index in [1.165, 1.54) is 0 Å². The van der Waals surface area contributed by atoms with Gasteiger partial charge in [-0.3, -0.25) is 4.79 Å². The first-order valence-electron chi connectivity index (χ1n) is 6.18. The van der Waals surface area contributed by atoms with Gasteiger partial charge in [-0.15, -0.1) is 0 Å². The van der Waals surface area contributed by atoms with Crippen molar-refractivity contribution >= 4 is 5.91 Å². The number of aromatic nitrogens is 2. The summed E-state index contributed by atoms with van der Waals surface area (Å²) >= 11 is 0. The average Bonchev–Trinajstić information content (AvgIpc) is 2.37. The zero-order valence-electron chi connectivity index (χ0n) is 11.4.